The topological polar surface area (TPSA) is 66.6 Å². The molecule has 1 aromatic rings. The first kappa shape index (κ1) is 14.5. The Labute approximate surface area is 108 Å². The van der Waals surface area contributed by atoms with Crippen molar-refractivity contribution in [2.45, 2.75) is 26.2 Å². The normalized spacial score (nSPS) is 10.3. The second-order valence-electron chi connectivity index (χ2n) is 4.25. The van der Waals surface area contributed by atoms with Crippen molar-refractivity contribution in [3.8, 4) is 0 Å². The van der Waals surface area contributed by atoms with E-state index in [0.717, 1.165) is 11.3 Å². The molecule has 0 aliphatic rings. The van der Waals surface area contributed by atoms with Crippen LogP contribution < -0.4 is 5.73 Å². The summed E-state index contributed by atoms with van der Waals surface area (Å²) in [6, 6.07) is 7.62. The molecule has 4 nitrogen and oxygen atoms in total. The van der Waals surface area contributed by atoms with Crippen LogP contribution in [-0.4, -0.2) is 35.6 Å². The van der Waals surface area contributed by atoms with E-state index in [4.69, 9.17) is 10.8 Å². The molecule has 0 aliphatic heterocycles. The smallest absolute Gasteiger partial charge is 0.222 e. The summed E-state index contributed by atoms with van der Waals surface area (Å²) in [5, 5.41) is 8.78. The second-order valence-corrected chi connectivity index (χ2v) is 4.25. The molecule has 0 atom stereocenters. The van der Waals surface area contributed by atoms with Crippen molar-refractivity contribution < 1.29 is 9.90 Å². The molecule has 0 spiro atoms. The zero-order chi connectivity index (χ0) is 13.4. The fourth-order valence-corrected chi connectivity index (χ4v) is 1.88. The Balaban J connectivity index is 2.47. The van der Waals surface area contributed by atoms with Crippen LogP contribution in [0.15, 0.2) is 24.3 Å². The summed E-state index contributed by atoms with van der Waals surface area (Å²) >= 11 is 0. The fraction of sp³-hybridized carbons (Fsp3) is 0.500. The first-order valence-corrected chi connectivity index (χ1v) is 6.41. The van der Waals surface area contributed by atoms with Gasteiger partial charge in [-0.25, -0.2) is 0 Å². The first-order chi connectivity index (χ1) is 8.69. The summed E-state index contributed by atoms with van der Waals surface area (Å²) in [5.41, 5.74) is 7.59. The maximum absolute atomic E-state index is 12.0. The molecule has 4 heteroatoms. The summed E-state index contributed by atoms with van der Waals surface area (Å²) in [5.74, 6) is 0.120. The summed E-state index contributed by atoms with van der Waals surface area (Å²) in [6.07, 6.45) is 1.77. The summed E-state index contributed by atoms with van der Waals surface area (Å²) in [4.78, 5) is 13.7. The Hall–Kier alpha value is -1.55. The Morgan fingerprint density at radius 3 is 2.72 bits per heavy atom. The van der Waals surface area contributed by atoms with Gasteiger partial charge in [0.15, 0.2) is 0 Å². The molecule has 0 radical (unpaired) electrons. The van der Waals surface area contributed by atoms with Crippen molar-refractivity contribution in [1.82, 2.24) is 4.90 Å². The van der Waals surface area contributed by atoms with Crippen LogP contribution in [-0.2, 0) is 11.2 Å². The number of anilines is 1. The number of aryl methyl sites for hydroxylation is 1. The van der Waals surface area contributed by atoms with E-state index in [1.165, 1.54) is 0 Å². The number of benzene rings is 1. The Kier molecular flexibility index (Phi) is 6.22. The standard InChI is InChI=1S/C14H22N2O2/c1-2-16(10-5-11-17)14(18)9-8-12-6-3-4-7-13(12)15/h3-4,6-7,17H,2,5,8-11,15H2,1H3. The average Bonchev–Trinajstić information content (AvgIpc) is 2.38. The van der Waals surface area contributed by atoms with Crippen molar-refractivity contribution >= 4 is 11.6 Å². The highest BCUT2D eigenvalue weighted by Gasteiger charge is 2.11. The van der Waals surface area contributed by atoms with E-state index in [-0.39, 0.29) is 12.5 Å². The van der Waals surface area contributed by atoms with Gasteiger partial charge in [0.25, 0.3) is 0 Å². The van der Waals surface area contributed by atoms with Crippen LogP contribution in [0, 0.1) is 0 Å². The fourth-order valence-electron chi connectivity index (χ4n) is 1.88. The van der Waals surface area contributed by atoms with Gasteiger partial charge in [-0.1, -0.05) is 18.2 Å². The van der Waals surface area contributed by atoms with Crippen molar-refractivity contribution in [1.29, 1.82) is 0 Å². The van der Waals surface area contributed by atoms with Crippen LogP contribution >= 0.6 is 0 Å². The predicted molar refractivity (Wildman–Crippen MR) is 73.1 cm³/mol. The highest BCUT2D eigenvalue weighted by Crippen LogP contribution is 2.13. The van der Waals surface area contributed by atoms with Crippen LogP contribution in [0.5, 0.6) is 0 Å². The Bertz CT molecular complexity index is 380. The lowest BCUT2D eigenvalue weighted by Gasteiger charge is -2.20. The molecule has 18 heavy (non-hydrogen) atoms. The first-order valence-electron chi connectivity index (χ1n) is 6.41. The average molecular weight is 250 g/mol. The number of aliphatic hydroxyl groups is 1. The molecule has 0 aliphatic carbocycles. The van der Waals surface area contributed by atoms with Gasteiger partial charge >= 0.3 is 0 Å². The van der Waals surface area contributed by atoms with E-state index in [2.05, 4.69) is 0 Å². The molecule has 0 heterocycles. The number of nitrogens with two attached hydrogens (primary N) is 1. The van der Waals surface area contributed by atoms with Gasteiger partial charge < -0.3 is 15.7 Å². The van der Waals surface area contributed by atoms with E-state index in [1.54, 1.807) is 4.90 Å². The highest BCUT2D eigenvalue weighted by atomic mass is 16.3. The zero-order valence-corrected chi connectivity index (χ0v) is 10.9. The van der Waals surface area contributed by atoms with Crippen LogP contribution in [0.25, 0.3) is 0 Å². The maximum atomic E-state index is 12.0. The Morgan fingerprint density at radius 2 is 2.11 bits per heavy atom. The molecule has 0 bridgehead atoms. The molecule has 1 rings (SSSR count). The molecule has 100 valence electrons. The number of para-hydroxylation sites is 1. The summed E-state index contributed by atoms with van der Waals surface area (Å²) in [7, 11) is 0. The molecule has 0 saturated carbocycles. The molecule has 0 saturated heterocycles. The Morgan fingerprint density at radius 1 is 1.39 bits per heavy atom. The van der Waals surface area contributed by atoms with Gasteiger partial charge in [0.2, 0.25) is 5.91 Å². The second kappa shape index (κ2) is 7.71. The molecule has 0 unspecified atom stereocenters. The third-order valence-corrected chi connectivity index (χ3v) is 2.98. The largest absolute Gasteiger partial charge is 0.399 e. The number of carbonyl (C=O) groups is 1. The van der Waals surface area contributed by atoms with Crippen LogP contribution in [0.1, 0.15) is 25.3 Å². The summed E-state index contributed by atoms with van der Waals surface area (Å²) in [6.45, 7) is 3.38. The van der Waals surface area contributed by atoms with Gasteiger partial charge in [-0.05, 0) is 31.4 Å². The third kappa shape index (κ3) is 4.37. The molecule has 1 amide bonds. The quantitative estimate of drug-likeness (QED) is 0.719. The van der Waals surface area contributed by atoms with Gasteiger partial charge in [0, 0.05) is 31.8 Å². The lowest BCUT2D eigenvalue weighted by Crippen LogP contribution is -2.32. The van der Waals surface area contributed by atoms with Crippen molar-refractivity contribution in [3.63, 3.8) is 0 Å². The molecule has 0 fully saturated rings. The monoisotopic (exact) mass is 250 g/mol. The third-order valence-electron chi connectivity index (χ3n) is 2.98. The zero-order valence-electron chi connectivity index (χ0n) is 10.9. The lowest BCUT2D eigenvalue weighted by molar-refractivity contribution is -0.131. The molecular formula is C14H22N2O2. The van der Waals surface area contributed by atoms with E-state index in [1.807, 2.05) is 31.2 Å². The SMILES string of the molecule is CCN(CCCO)C(=O)CCc1ccccc1N. The van der Waals surface area contributed by atoms with Gasteiger partial charge in [0.05, 0.1) is 0 Å². The number of hydrogen-bond donors (Lipinski definition) is 2. The van der Waals surface area contributed by atoms with Gasteiger partial charge in [-0.15, -0.1) is 0 Å². The number of rotatable bonds is 7. The number of nitrogens with zero attached hydrogens (tertiary/aromatic N) is 1. The van der Waals surface area contributed by atoms with Crippen molar-refractivity contribution in [2.24, 2.45) is 0 Å². The van der Waals surface area contributed by atoms with E-state index < -0.39 is 0 Å². The lowest BCUT2D eigenvalue weighted by atomic mass is 10.1. The van der Waals surface area contributed by atoms with Crippen LogP contribution in [0.3, 0.4) is 0 Å². The van der Waals surface area contributed by atoms with E-state index in [0.29, 0.717) is 32.4 Å². The highest BCUT2D eigenvalue weighted by molar-refractivity contribution is 5.76. The van der Waals surface area contributed by atoms with Crippen molar-refractivity contribution in [2.75, 3.05) is 25.4 Å². The van der Waals surface area contributed by atoms with Crippen LogP contribution in [0.4, 0.5) is 5.69 Å². The van der Waals surface area contributed by atoms with E-state index in [9.17, 15) is 4.79 Å². The molecular weight excluding hydrogens is 228 g/mol. The minimum absolute atomic E-state index is 0.120. The number of carbonyl (C=O) groups excluding carboxylic acids is 1. The van der Waals surface area contributed by atoms with Crippen molar-refractivity contribution in [3.05, 3.63) is 29.8 Å². The molecule has 0 aromatic heterocycles. The van der Waals surface area contributed by atoms with Crippen LogP contribution in [0.2, 0.25) is 0 Å². The maximum Gasteiger partial charge on any atom is 0.222 e. The number of nitrogen functional groups attached to an aromatic ring is 1. The minimum Gasteiger partial charge on any atom is -0.399 e. The number of hydrogen-bond acceptors (Lipinski definition) is 3. The van der Waals surface area contributed by atoms with Gasteiger partial charge in [-0.3, -0.25) is 4.79 Å². The predicted octanol–water partition coefficient (Wildman–Crippen LogP) is 1.43. The summed E-state index contributed by atoms with van der Waals surface area (Å²) < 4.78 is 0. The minimum atomic E-state index is 0.120. The molecule has 3 N–H and O–H groups in total. The number of amides is 1. The molecule has 1 aromatic carbocycles. The van der Waals surface area contributed by atoms with Gasteiger partial charge in [0.1, 0.15) is 0 Å². The van der Waals surface area contributed by atoms with Gasteiger partial charge in [-0.2, -0.15) is 0 Å². The van der Waals surface area contributed by atoms with E-state index >= 15 is 0 Å². The number of aliphatic hydroxyl groups excluding tert-OH is 1.